The van der Waals surface area contributed by atoms with Gasteiger partial charge in [-0.15, -0.1) is 0 Å². The summed E-state index contributed by atoms with van der Waals surface area (Å²) >= 11 is 0. The highest BCUT2D eigenvalue weighted by Gasteiger charge is 2.55. The Bertz CT molecular complexity index is 967. The molecule has 0 spiro atoms. The van der Waals surface area contributed by atoms with Gasteiger partial charge in [-0.1, -0.05) is 72.8 Å². The van der Waals surface area contributed by atoms with Gasteiger partial charge in [0, 0.05) is 6.42 Å². The Hall–Kier alpha value is -3.12. The van der Waals surface area contributed by atoms with Crippen LogP contribution in [0.2, 0.25) is 0 Å². The van der Waals surface area contributed by atoms with Gasteiger partial charge in [0.25, 0.3) is 0 Å². The predicted octanol–water partition coefficient (Wildman–Crippen LogP) is 5.66. The molecule has 1 aliphatic heterocycles. The molecule has 2 aromatic rings. The standard InChI is InChI=1S/C28H35NO5/c1-5-6-17-28(25(30)33-21-23-15-11-8-12-16-23)18-24(32-20-22-13-9-7-10-14-22)19-29(28)26(31)34-27(2,3)4/h5-16,24H,17-21H2,1-4H3. The molecule has 2 aromatic carbocycles. The number of hydrogen-bond acceptors (Lipinski definition) is 5. The molecule has 6 heteroatoms. The summed E-state index contributed by atoms with van der Waals surface area (Å²) < 4.78 is 17.6. The lowest BCUT2D eigenvalue weighted by Crippen LogP contribution is -2.54. The highest BCUT2D eigenvalue weighted by atomic mass is 16.6. The van der Waals surface area contributed by atoms with Crippen molar-refractivity contribution in [3.05, 3.63) is 83.9 Å². The molecule has 1 amide bonds. The Morgan fingerprint density at radius 3 is 2.15 bits per heavy atom. The van der Waals surface area contributed by atoms with E-state index in [1.807, 2.05) is 101 Å². The minimum Gasteiger partial charge on any atom is -0.459 e. The Labute approximate surface area is 202 Å². The molecule has 0 saturated carbocycles. The van der Waals surface area contributed by atoms with Gasteiger partial charge in [0.1, 0.15) is 17.7 Å². The highest BCUT2D eigenvalue weighted by Crippen LogP contribution is 2.38. The Morgan fingerprint density at radius 1 is 1.00 bits per heavy atom. The summed E-state index contributed by atoms with van der Waals surface area (Å²) in [6.45, 7) is 8.10. The lowest BCUT2D eigenvalue weighted by atomic mass is 9.91. The monoisotopic (exact) mass is 465 g/mol. The number of allylic oxidation sites excluding steroid dienone is 1. The number of ether oxygens (including phenoxy) is 3. The zero-order valence-corrected chi connectivity index (χ0v) is 20.5. The minimum atomic E-state index is -1.20. The van der Waals surface area contributed by atoms with E-state index in [-0.39, 0.29) is 19.3 Å². The topological polar surface area (TPSA) is 65.1 Å². The van der Waals surface area contributed by atoms with Crippen molar-refractivity contribution in [2.75, 3.05) is 6.54 Å². The molecule has 34 heavy (non-hydrogen) atoms. The van der Waals surface area contributed by atoms with Gasteiger partial charge < -0.3 is 14.2 Å². The van der Waals surface area contributed by atoms with Crippen molar-refractivity contribution in [2.24, 2.45) is 0 Å². The number of carbonyl (C=O) groups is 2. The fraction of sp³-hybridized carbons (Fsp3) is 0.429. The van der Waals surface area contributed by atoms with E-state index in [1.54, 1.807) is 0 Å². The van der Waals surface area contributed by atoms with E-state index >= 15 is 0 Å². The van der Waals surface area contributed by atoms with Crippen molar-refractivity contribution >= 4 is 12.1 Å². The summed E-state index contributed by atoms with van der Waals surface area (Å²) in [7, 11) is 0. The summed E-state index contributed by atoms with van der Waals surface area (Å²) in [5, 5.41) is 0. The van der Waals surface area contributed by atoms with Gasteiger partial charge in [-0.05, 0) is 45.2 Å². The molecule has 3 rings (SSSR count). The molecule has 0 N–H and O–H groups in total. The van der Waals surface area contributed by atoms with E-state index in [2.05, 4.69) is 0 Å². The first-order valence-corrected chi connectivity index (χ1v) is 11.7. The van der Waals surface area contributed by atoms with E-state index < -0.39 is 23.2 Å². The van der Waals surface area contributed by atoms with Crippen LogP contribution in [0, 0.1) is 0 Å². The van der Waals surface area contributed by atoms with Crippen molar-refractivity contribution in [1.82, 2.24) is 4.90 Å². The van der Waals surface area contributed by atoms with Crippen LogP contribution < -0.4 is 0 Å². The Morgan fingerprint density at radius 2 is 1.59 bits per heavy atom. The molecule has 0 bridgehead atoms. The maximum absolute atomic E-state index is 13.6. The van der Waals surface area contributed by atoms with E-state index in [0.717, 1.165) is 11.1 Å². The van der Waals surface area contributed by atoms with Crippen LogP contribution in [-0.2, 0) is 32.2 Å². The third kappa shape index (κ3) is 6.70. The maximum Gasteiger partial charge on any atom is 0.411 e. The molecule has 182 valence electrons. The molecule has 1 heterocycles. The second-order valence-corrected chi connectivity index (χ2v) is 9.58. The van der Waals surface area contributed by atoms with Crippen molar-refractivity contribution in [1.29, 1.82) is 0 Å². The van der Waals surface area contributed by atoms with Crippen molar-refractivity contribution in [2.45, 2.75) is 71.0 Å². The Kier molecular flexibility index (Phi) is 8.51. The molecule has 1 aliphatic rings. The second-order valence-electron chi connectivity index (χ2n) is 9.58. The summed E-state index contributed by atoms with van der Waals surface area (Å²) in [6.07, 6.45) is 3.54. The van der Waals surface area contributed by atoms with E-state index in [4.69, 9.17) is 14.2 Å². The molecule has 2 unspecified atom stereocenters. The zero-order chi connectivity index (χ0) is 24.6. The number of rotatable bonds is 8. The van der Waals surface area contributed by atoms with Crippen LogP contribution >= 0.6 is 0 Å². The number of carbonyl (C=O) groups excluding carboxylic acids is 2. The van der Waals surface area contributed by atoms with Crippen LogP contribution in [0.4, 0.5) is 4.79 Å². The molecular formula is C28H35NO5. The summed E-state index contributed by atoms with van der Waals surface area (Å²) in [6, 6.07) is 19.3. The molecule has 1 fully saturated rings. The second kappa shape index (κ2) is 11.3. The van der Waals surface area contributed by atoms with Gasteiger partial charge in [0.15, 0.2) is 0 Å². The lowest BCUT2D eigenvalue weighted by molar-refractivity contribution is -0.157. The number of amides is 1. The normalized spacial score (nSPS) is 20.5. The number of benzene rings is 2. The van der Waals surface area contributed by atoms with Crippen LogP contribution in [0.3, 0.4) is 0 Å². The van der Waals surface area contributed by atoms with Gasteiger partial charge in [-0.25, -0.2) is 9.59 Å². The van der Waals surface area contributed by atoms with Crippen LogP contribution in [0.1, 0.15) is 51.7 Å². The summed E-state index contributed by atoms with van der Waals surface area (Å²) in [4.78, 5) is 28.3. The number of esters is 1. The smallest absolute Gasteiger partial charge is 0.411 e. The number of nitrogens with zero attached hydrogens (tertiary/aromatic N) is 1. The van der Waals surface area contributed by atoms with Crippen molar-refractivity contribution < 1.29 is 23.8 Å². The largest absolute Gasteiger partial charge is 0.459 e. The van der Waals surface area contributed by atoms with E-state index in [1.165, 1.54) is 4.90 Å². The SMILES string of the molecule is CC=CCC1(C(=O)OCc2ccccc2)CC(OCc2ccccc2)CN1C(=O)OC(C)(C)C. The van der Waals surface area contributed by atoms with Crippen molar-refractivity contribution in [3.8, 4) is 0 Å². The quantitative estimate of drug-likeness (QED) is 0.372. The van der Waals surface area contributed by atoms with E-state index in [0.29, 0.717) is 19.4 Å². The lowest BCUT2D eigenvalue weighted by Gasteiger charge is -2.36. The van der Waals surface area contributed by atoms with Crippen LogP contribution in [0.25, 0.3) is 0 Å². The number of hydrogen-bond donors (Lipinski definition) is 0. The molecule has 6 nitrogen and oxygen atoms in total. The minimum absolute atomic E-state index is 0.134. The first-order valence-electron chi connectivity index (χ1n) is 11.7. The van der Waals surface area contributed by atoms with Gasteiger partial charge in [0.2, 0.25) is 0 Å². The van der Waals surface area contributed by atoms with Crippen molar-refractivity contribution in [3.63, 3.8) is 0 Å². The molecular weight excluding hydrogens is 430 g/mol. The van der Waals surface area contributed by atoms with Crippen LogP contribution in [0.5, 0.6) is 0 Å². The molecule has 0 aliphatic carbocycles. The zero-order valence-electron chi connectivity index (χ0n) is 20.5. The average molecular weight is 466 g/mol. The van der Waals surface area contributed by atoms with Gasteiger partial charge >= 0.3 is 12.1 Å². The highest BCUT2D eigenvalue weighted by molar-refractivity contribution is 5.87. The van der Waals surface area contributed by atoms with Gasteiger partial charge in [-0.2, -0.15) is 0 Å². The molecule has 1 saturated heterocycles. The average Bonchev–Trinajstić information content (AvgIpc) is 3.20. The summed E-state index contributed by atoms with van der Waals surface area (Å²) in [5.74, 6) is -0.453. The maximum atomic E-state index is 13.6. The fourth-order valence-corrected chi connectivity index (χ4v) is 4.04. The molecule has 0 aromatic heterocycles. The molecule has 2 atom stereocenters. The van der Waals surface area contributed by atoms with E-state index in [9.17, 15) is 9.59 Å². The van der Waals surface area contributed by atoms with Gasteiger partial charge in [-0.3, -0.25) is 4.90 Å². The van der Waals surface area contributed by atoms with Gasteiger partial charge in [0.05, 0.1) is 19.3 Å². The fourth-order valence-electron chi connectivity index (χ4n) is 4.04. The molecule has 0 radical (unpaired) electrons. The predicted molar refractivity (Wildman–Crippen MR) is 131 cm³/mol. The first kappa shape index (κ1) is 25.5. The Balaban J connectivity index is 1.84. The van der Waals surface area contributed by atoms with Crippen LogP contribution in [0.15, 0.2) is 72.8 Å². The third-order valence-electron chi connectivity index (χ3n) is 5.69. The summed E-state index contributed by atoms with van der Waals surface area (Å²) in [5.41, 5.74) is 0.0188. The first-order chi connectivity index (χ1) is 16.2. The number of likely N-dealkylation sites (tertiary alicyclic amines) is 1. The third-order valence-corrected chi connectivity index (χ3v) is 5.69. The van der Waals surface area contributed by atoms with Crippen LogP contribution in [-0.4, -0.2) is 40.8 Å².